The van der Waals surface area contributed by atoms with Gasteiger partial charge < -0.3 is 5.32 Å². The predicted octanol–water partition coefficient (Wildman–Crippen LogP) is 3.34. The molecule has 1 aromatic carbocycles. The maximum Gasteiger partial charge on any atom is 0.127 e. The fourth-order valence-electron chi connectivity index (χ4n) is 2.26. The van der Waals surface area contributed by atoms with Gasteiger partial charge in [0.1, 0.15) is 11.6 Å². The molecule has 0 spiro atoms. The van der Waals surface area contributed by atoms with Crippen LogP contribution in [0.3, 0.4) is 0 Å². The van der Waals surface area contributed by atoms with Crippen LogP contribution >= 0.6 is 0 Å². The van der Waals surface area contributed by atoms with Gasteiger partial charge in [-0.3, -0.25) is 4.68 Å². The average molecular weight is 279 g/mol. The Kier molecular flexibility index (Phi) is 4.49. The number of aromatic nitrogens is 2. The molecular formula is C15H19F2N3. The van der Waals surface area contributed by atoms with E-state index in [0.717, 1.165) is 29.9 Å². The molecule has 20 heavy (non-hydrogen) atoms. The molecule has 1 atom stereocenters. The summed E-state index contributed by atoms with van der Waals surface area (Å²) < 4.78 is 28.6. The molecular weight excluding hydrogens is 260 g/mol. The maximum atomic E-state index is 13.5. The summed E-state index contributed by atoms with van der Waals surface area (Å²) in [4.78, 5) is 0. The highest BCUT2D eigenvalue weighted by molar-refractivity contribution is 5.22. The van der Waals surface area contributed by atoms with Gasteiger partial charge in [-0.05, 0) is 39.0 Å². The molecule has 0 fully saturated rings. The van der Waals surface area contributed by atoms with E-state index in [-0.39, 0.29) is 12.6 Å². The zero-order valence-electron chi connectivity index (χ0n) is 12.0. The predicted molar refractivity (Wildman–Crippen MR) is 74.3 cm³/mol. The van der Waals surface area contributed by atoms with Crippen molar-refractivity contribution in [2.24, 2.45) is 0 Å². The van der Waals surface area contributed by atoms with Crippen molar-refractivity contribution in [3.05, 3.63) is 52.9 Å². The summed E-state index contributed by atoms with van der Waals surface area (Å²) in [5, 5.41) is 7.49. The van der Waals surface area contributed by atoms with Crippen molar-refractivity contribution in [3.63, 3.8) is 0 Å². The first kappa shape index (κ1) is 14.7. The molecule has 0 aliphatic heterocycles. The highest BCUT2D eigenvalue weighted by Gasteiger charge is 2.13. The SMILES string of the molecule is CCn1ncc(C(C)NCc2cc(F)ccc2F)c1C. The minimum atomic E-state index is -0.425. The smallest absolute Gasteiger partial charge is 0.127 e. The maximum absolute atomic E-state index is 13.5. The molecule has 0 saturated heterocycles. The van der Waals surface area contributed by atoms with Crippen molar-refractivity contribution in [3.8, 4) is 0 Å². The second-order valence-corrected chi connectivity index (χ2v) is 4.84. The van der Waals surface area contributed by atoms with E-state index in [1.54, 1.807) is 0 Å². The Morgan fingerprint density at radius 2 is 2.10 bits per heavy atom. The number of nitrogens with one attached hydrogen (secondary N) is 1. The summed E-state index contributed by atoms with van der Waals surface area (Å²) in [6.07, 6.45) is 1.82. The van der Waals surface area contributed by atoms with Crippen molar-refractivity contribution in [1.82, 2.24) is 15.1 Å². The molecule has 1 heterocycles. The summed E-state index contributed by atoms with van der Waals surface area (Å²) in [6.45, 7) is 7.12. The molecule has 5 heteroatoms. The Balaban J connectivity index is 2.06. The summed E-state index contributed by atoms with van der Waals surface area (Å²) in [5.74, 6) is -0.821. The molecule has 1 aromatic heterocycles. The van der Waals surface area contributed by atoms with Gasteiger partial charge in [0.25, 0.3) is 0 Å². The minimum Gasteiger partial charge on any atom is -0.306 e. The van der Waals surface area contributed by atoms with Crippen LogP contribution in [0, 0.1) is 18.6 Å². The van der Waals surface area contributed by atoms with E-state index < -0.39 is 11.6 Å². The first-order valence-electron chi connectivity index (χ1n) is 6.72. The molecule has 0 bridgehead atoms. The van der Waals surface area contributed by atoms with E-state index in [0.29, 0.717) is 5.56 Å². The van der Waals surface area contributed by atoms with E-state index in [4.69, 9.17) is 0 Å². The summed E-state index contributed by atoms with van der Waals surface area (Å²) in [7, 11) is 0. The molecule has 1 N–H and O–H groups in total. The zero-order valence-corrected chi connectivity index (χ0v) is 12.0. The van der Waals surface area contributed by atoms with Gasteiger partial charge in [-0.1, -0.05) is 0 Å². The lowest BCUT2D eigenvalue weighted by molar-refractivity contribution is 0.533. The van der Waals surface area contributed by atoms with E-state index in [2.05, 4.69) is 10.4 Å². The normalized spacial score (nSPS) is 12.7. The number of aryl methyl sites for hydroxylation is 1. The Morgan fingerprint density at radius 3 is 2.75 bits per heavy atom. The van der Waals surface area contributed by atoms with Crippen LogP contribution in [0.15, 0.2) is 24.4 Å². The van der Waals surface area contributed by atoms with Crippen LogP contribution in [0.2, 0.25) is 0 Å². The first-order valence-corrected chi connectivity index (χ1v) is 6.72. The van der Waals surface area contributed by atoms with Crippen molar-refractivity contribution in [2.45, 2.75) is 39.9 Å². The first-order chi connectivity index (χ1) is 9.52. The van der Waals surface area contributed by atoms with Gasteiger partial charge >= 0.3 is 0 Å². The van der Waals surface area contributed by atoms with E-state index in [1.807, 2.05) is 31.6 Å². The molecule has 0 aliphatic rings. The van der Waals surface area contributed by atoms with Gasteiger partial charge in [0.2, 0.25) is 0 Å². The Morgan fingerprint density at radius 1 is 1.35 bits per heavy atom. The van der Waals surface area contributed by atoms with Crippen LogP contribution in [0.4, 0.5) is 8.78 Å². The monoisotopic (exact) mass is 279 g/mol. The van der Waals surface area contributed by atoms with Crippen LogP contribution < -0.4 is 5.32 Å². The number of halogens is 2. The van der Waals surface area contributed by atoms with Crippen molar-refractivity contribution < 1.29 is 8.78 Å². The molecule has 2 aromatic rings. The lowest BCUT2D eigenvalue weighted by Crippen LogP contribution is -2.19. The highest BCUT2D eigenvalue weighted by atomic mass is 19.1. The Hall–Kier alpha value is -1.75. The fraction of sp³-hybridized carbons (Fsp3) is 0.400. The number of nitrogens with zero attached hydrogens (tertiary/aromatic N) is 2. The lowest BCUT2D eigenvalue weighted by Gasteiger charge is -2.14. The highest BCUT2D eigenvalue weighted by Crippen LogP contribution is 2.18. The van der Waals surface area contributed by atoms with Crippen molar-refractivity contribution in [2.75, 3.05) is 0 Å². The van der Waals surface area contributed by atoms with Crippen LogP contribution in [0.1, 0.15) is 36.7 Å². The van der Waals surface area contributed by atoms with Gasteiger partial charge in [-0.25, -0.2) is 8.78 Å². The molecule has 3 nitrogen and oxygen atoms in total. The Labute approximate surface area is 117 Å². The number of rotatable bonds is 5. The van der Waals surface area contributed by atoms with E-state index >= 15 is 0 Å². The third-order valence-corrected chi connectivity index (χ3v) is 3.51. The lowest BCUT2D eigenvalue weighted by atomic mass is 10.1. The van der Waals surface area contributed by atoms with Gasteiger partial charge in [0.15, 0.2) is 0 Å². The van der Waals surface area contributed by atoms with Crippen molar-refractivity contribution in [1.29, 1.82) is 0 Å². The third kappa shape index (κ3) is 3.04. The van der Waals surface area contributed by atoms with Gasteiger partial charge in [0.05, 0.1) is 6.20 Å². The van der Waals surface area contributed by atoms with Gasteiger partial charge in [-0.2, -0.15) is 5.10 Å². The van der Waals surface area contributed by atoms with E-state index in [9.17, 15) is 8.78 Å². The number of hydrogen-bond donors (Lipinski definition) is 1. The topological polar surface area (TPSA) is 29.9 Å². The average Bonchev–Trinajstić information content (AvgIpc) is 2.80. The second kappa shape index (κ2) is 6.13. The summed E-state index contributed by atoms with van der Waals surface area (Å²) in [6, 6.07) is 3.52. The quantitative estimate of drug-likeness (QED) is 0.909. The van der Waals surface area contributed by atoms with Crippen LogP contribution in [-0.4, -0.2) is 9.78 Å². The Bertz CT molecular complexity index is 593. The van der Waals surface area contributed by atoms with Crippen LogP contribution in [-0.2, 0) is 13.1 Å². The molecule has 2 rings (SSSR count). The summed E-state index contributed by atoms with van der Waals surface area (Å²) in [5.41, 5.74) is 2.49. The second-order valence-electron chi connectivity index (χ2n) is 4.84. The van der Waals surface area contributed by atoms with Crippen LogP contribution in [0.5, 0.6) is 0 Å². The largest absolute Gasteiger partial charge is 0.306 e. The molecule has 0 amide bonds. The fourth-order valence-corrected chi connectivity index (χ4v) is 2.26. The zero-order chi connectivity index (χ0) is 14.7. The number of benzene rings is 1. The molecule has 108 valence electrons. The van der Waals surface area contributed by atoms with Crippen LogP contribution in [0.25, 0.3) is 0 Å². The molecule has 0 aliphatic carbocycles. The summed E-state index contributed by atoms with van der Waals surface area (Å²) >= 11 is 0. The molecule has 0 saturated carbocycles. The molecule has 1 unspecified atom stereocenters. The van der Waals surface area contributed by atoms with Gasteiger partial charge in [-0.15, -0.1) is 0 Å². The minimum absolute atomic E-state index is 0.0259. The van der Waals surface area contributed by atoms with Gasteiger partial charge in [0, 0.05) is 36.0 Å². The van der Waals surface area contributed by atoms with Crippen molar-refractivity contribution >= 4 is 0 Å². The third-order valence-electron chi connectivity index (χ3n) is 3.51. The standard InChI is InChI=1S/C15H19F2N3/c1-4-20-11(3)14(9-19-20)10(2)18-8-12-7-13(16)5-6-15(12)17/h5-7,9-10,18H,4,8H2,1-3H3. The number of hydrogen-bond acceptors (Lipinski definition) is 2. The van der Waals surface area contributed by atoms with E-state index in [1.165, 1.54) is 6.07 Å². The molecule has 0 radical (unpaired) electrons.